The van der Waals surface area contributed by atoms with Crippen LogP contribution in [0.15, 0.2) is 48.7 Å². The van der Waals surface area contributed by atoms with Gasteiger partial charge in [-0.15, -0.1) is 10.2 Å². The summed E-state index contributed by atoms with van der Waals surface area (Å²) in [6, 6.07) is 13.6. The minimum Gasteiger partial charge on any atom is -0.481 e. The van der Waals surface area contributed by atoms with Gasteiger partial charge in [-0.2, -0.15) is 4.80 Å². The first kappa shape index (κ1) is 21.3. The van der Waals surface area contributed by atoms with Crippen molar-refractivity contribution >= 4 is 40.1 Å². The second-order valence-corrected chi connectivity index (χ2v) is 8.18. The van der Waals surface area contributed by atoms with Crippen LogP contribution in [-0.2, 0) is 17.9 Å². The van der Waals surface area contributed by atoms with E-state index in [1.807, 2.05) is 36.5 Å². The van der Waals surface area contributed by atoms with E-state index in [4.69, 9.17) is 28.3 Å². The molecule has 160 valence electrons. The normalized spacial score (nSPS) is 11.3. The summed E-state index contributed by atoms with van der Waals surface area (Å²) >= 11 is 12.4. The SMILES string of the molecule is O=C(O)CCCCCn1nnc(-c2cn(Cc3ccc(Cl)cc3Cl)c3ccccc23)n1. The molecule has 4 rings (SSSR count). The summed E-state index contributed by atoms with van der Waals surface area (Å²) in [6.07, 6.45) is 4.47. The van der Waals surface area contributed by atoms with E-state index >= 15 is 0 Å². The van der Waals surface area contributed by atoms with Gasteiger partial charge in [0.1, 0.15) is 0 Å². The number of rotatable bonds is 9. The quantitative estimate of drug-likeness (QED) is 0.344. The van der Waals surface area contributed by atoms with Crippen molar-refractivity contribution < 1.29 is 9.90 Å². The maximum absolute atomic E-state index is 10.6. The van der Waals surface area contributed by atoms with Crippen molar-refractivity contribution in [2.75, 3.05) is 0 Å². The van der Waals surface area contributed by atoms with Gasteiger partial charge in [0.05, 0.1) is 6.54 Å². The number of hydrogen-bond donors (Lipinski definition) is 1. The van der Waals surface area contributed by atoms with Crippen molar-refractivity contribution in [1.29, 1.82) is 0 Å². The number of carboxylic acids is 1. The Kier molecular flexibility index (Phi) is 6.53. The summed E-state index contributed by atoms with van der Waals surface area (Å²) in [5.74, 6) is -0.208. The van der Waals surface area contributed by atoms with E-state index in [9.17, 15) is 4.79 Å². The van der Waals surface area contributed by atoms with Gasteiger partial charge in [-0.25, -0.2) is 0 Å². The third-order valence-electron chi connectivity index (χ3n) is 5.09. The molecule has 0 radical (unpaired) electrons. The van der Waals surface area contributed by atoms with E-state index in [2.05, 4.69) is 26.0 Å². The molecular formula is C22H21Cl2N5O2. The Bertz CT molecular complexity index is 1220. The van der Waals surface area contributed by atoms with Gasteiger partial charge in [0.2, 0.25) is 5.82 Å². The van der Waals surface area contributed by atoms with Crippen LogP contribution in [0.2, 0.25) is 10.0 Å². The lowest BCUT2D eigenvalue weighted by Crippen LogP contribution is -2.03. The number of carboxylic acid groups (broad SMARTS) is 1. The fraction of sp³-hybridized carbons (Fsp3) is 0.273. The highest BCUT2D eigenvalue weighted by Crippen LogP contribution is 2.30. The molecule has 0 fully saturated rings. The Morgan fingerprint density at radius 1 is 1.06 bits per heavy atom. The van der Waals surface area contributed by atoms with Crippen molar-refractivity contribution in [2.45, 2.75) is 38.8 Å². The molecule has 0 saturated heterocycles. The topological polar surface area (TPSA) is 85.8 Å². The first-order valence-corrected chi connectivity index (χ1v) is 10.8. The van der Waals surface area contributed by atoms with Gasteiger partial charge >= 0.3 is 5.97 Å². The van der Waals surface area contributed by atoms with E-state index in [0.29, 0.717) is 35.4 Å². The number of benzene rings is 2. The van der Waals surface area contributed by atoms with Crippen molar-refractivity contribution in [3.63, 3.8) is 0 Å². The molecule has 0 unspecified atom stereocenters. The standard InChI is InChI=1S/C22H21Cl2N5O2/c23-16-10-9-15(19(24)12-16)13-28-14-18(17-6-3-4-7-20(17)28)22-25-27-29(26-22)11-5-1-2-8-21(30)31/h3-4,6-7,9-10,12,14H,1-2,5,8,11,13H2,(H,30,31). The number of aromatic nitrogens is 5. The van der Waals surface area contributed by atoms with Crippen LogP contribution < -0.4 is 0 Å². The van der Waals surface area contributed by atoms with Crippen molar-refractivity contribution in [3.8, 4) is 11.4 Å². The smallest absolute Gasteiger partial charge is 0.303 e. The summed E-state index contributed by atoms with van der Waals surface area (Å²) < 4.78 is 2.12. The van der Waals surface area contributed by atoms with Gasteiger partial charge in [0.15, 0.2) is 0 Å². The molecule has 0 saturated carbocycles. The number of unbranched alkanes of at least 4 members (excludes halogenated alkanes) is 2. The number of carbonyl (C=O) groups is 1. The highest BCUT2D eigenvalue weighted by atomic mass is 35.5. The molecule has 0 bridgehead atoms. The number of aliphatic carboxylic acids is 1. The zero-order chi connectivity index (χ0) is 21.8. The molecule has 0 aliphatic heterocycles. The third kappa shape index (κ3) is 5.06. The molecule has 2 aromatic carbocycles. The molecule has 0 amide bonds. The molecule has 31 heavy (non-hydrogen) atoms. The summed E-state index contributed by atoms with van der Waals surface area (Å²) in [4.78, 5) is 12.2. The van der Waals surface area contributed by atoms with Gasteiger partial charge in [0, 0.05) is 45.7 Å². The molecule has 4 aromatic rings. The van der Waals surface area contributed by atoms with Crippen LogP contribution in [0.5, 0.6) is 0 Å². The first-order valence-electron chi connectivity index (χ1n) is 10.0. The second kappa shape index (κ2) is 9.49. The minimum atomic E-state index is -0.766. The van der Waals surface area contributed by atoms with E-state index in [-0.39, 0.29) is 6.42 Å². The average molecular weight is 458 g/mol. The molecule has 0 aliphatic rings. The lowest BCUT2D eigenvalue weighted by molar-refractivity contribution is -0.137. The van der Waals surface area contributed by atoms with Gasteiger partial charge < -0.3 is 9.67 Å². The van der Waals surface area contributed by atoms with Crippen LogP contribution in [-0.4, -0.2) is 35.9 Å². The Morgan fingerprint density at radius 2 is 1.90 bits per heavy atom. The van der Waals surface area contributed by atoms with Crippen LogP contribution in [0.4, 0.5) is 0 Å². The number of halogens is 2. The summed E-state index contributed by atoms with van der Waals surface area (Å²) in [5.41, 5.74) is 2.92. The van der Waals surface area contributed by atoms with Crippen LogP contribution in [0.25, 0.3) is 22.3 Å². The van der Waals surface area contributed by atoms with E-state index < -0.39 is 5.97 Å². The van der Waals surface area contributed by atoms with E-state index in [0.717, 1.165) is 34.9 Å². The maximum atomic E-state index is 10.6. The van der Waals surface area contributed by atoms with Crippen molar-refractivity contribution in [1.82, 2.24) is 24.8 Å². The van der Waals surface area contributed by atoms with Crippen LogP contribution in [0.3, 0.4) is 0 Å². The number of nitrogens with zero attached hydrogens (tertiary/aromatic N) is 5. The highest BCUT2D eigenvalue weighted by Gasteiger charge is 2.15. The Morgan fingerprint density at radius 3 is 2.71 bits per heavy atom. The summed E-state index contributed by atoms with van der Waals surface area (Å²) in [7, 11) is 0. The number of hydrogen-bond acceptors (Lipinski definition) is 4. The minimum absolute atomic E-state index is 0.188. The summed E-state index contributed by atoms with van der Waals surface area (Å²) in [6.45, 7) is 1.19. The van der Waals surface area contributed by atoms with Gasteiger partial charge in [0.25, 0.3) is 0 Å². The molecule has 7 nitrogen and oxygen atoms in total. The van der Waals surface area contributed by atoms with E-state index in [1.54, 1.807) is 10.9 Å². The fourth-order valence-corrected chi connectivity index (χ4v) is 4.01. The molecule has 0 aliphatic carbocycles. The second-order valence-electron chi connectivity index (χ2n) is 7.34. The largest absolute Gasteiger partial charge is 0.481 e. The highest BCUT2D eigenvalue weighted by molar-refractivity contribution is 6.35. The molecule has 2 aromatic heterocycles. The predicted molar refractivity (Wildman–Crippen MR) is 120 cm³/mol. The number of tetrazole rings is 1. The predicted octanol–water partition coefficient (Wildman–Crippen LogP) is 5.29. The number of aryl methyl sites for hydroxylation is 1. The Labute approximate surface area is 189 Å². The molecule has 0 spiro atoms. The lowest BCUT2D eigenvalue weighted by Gasteiger charge is -2.08. The lowest BCUT2D eigenvalue weighted by atomic mass is 10.2. The average Bonchev–Trinajstić information content (AvgIpc) is 3.34. The van der Waals surface area contributed by atoms with Crippen LogP contribution >= 0.6 is 23.2 Å². The monoisotopic (exact) mass is 457 g/mol. The molecule has 1 N–H and O–H groups in total. The van der Waals surface area contributed by atoms with Gasteiger partial charge in [-0.1, -0.05) is 53.9 Å². The molecular weight excluding hydrogens is 437 g/mol. The van der Waals surface area contributed by atoms with Crippen LogP contribution in [0.1, 0.15) is 31.2 Å². The summed E-state index contributed by atoms with van der Waals surface area (Å²) in [5, 5.41) is 23.9. The van der Waals surface area contributed by atoms with Gasteiger partial charge in [-0.3, -0.25) is 4.79 Å². The Hall–Kier alpha value is -2.90. The van der Waals surface area contributed by atoms with Crippen molar-refractivity contribution in [2.24, 2.45) is 0 Å². The van der Waals surface area contributed by atoms with Gasteiger partial charge in [-0.05, 0) is 41.8 Å². The Balaban J connectivity index is 1.55. The zero-order valence-corrected chi connectivity index (χ0v) is 18.2. The number of para-hydroxylation sites is 1. The third-order valence-corrected chi connectivity index (χ3v) is 5.67. The zero-order valence-electron chi connectivity index (χ0n) is 16.7. The molecule has 2 heterocycles. The van der Waals surface area contributed by atoms with E-state index in [1.165, 1.54) is 0 Å². The van der Waals surface area contributed by atoms with Crippen LogP contribution in [0, 0.1) is 0 Å². The number of fused-ring (bicyclic) bond motifs is 1. The molecule has 0 atom stereocenters. The fourth-order valence-electron chi connectivity index (χ4n) is 3.54. The maximum Gasteiger partial charge on any atom is 0.303 e. The molecule has 9 heteroatoms. The first-order chi connectivity index (χ1) is 15.0. The van der Waals surface area contributed by atoms with Crippen molar-refractivity contribution in [3.05, 3.63) is 64.3 Å².